The highest BCUT2D eigenvalue weighted by atomic mass is 16.5. The lowest BCUT2D eigenvalue weighted by atomic mass is 10.2. The first kappa shape index (κ1) is 13.1. The molecule has 0 amide bonds. The number of rotatable bonds is 7. The van der Waals surface area contributed by atoms with Gasteiger partial charge in [-0.3, -0.25) is 0 Å². The van der Waals surface area contributed by atoms with Crippen LogP contribution in [0.25, 0.3) is 0 Å². The van der Waals surface area contributed by atoms with E-state index in [4.69, 9.17) is 9.26 Å². The molecule has 0 radical (unpaired) electrons. The molecular formula is C11H21N3O2. The van der Waals surface area contributed by atoms with Crippen molar-refractivity contribution in [2.75, 3.05) is 13.7 Å². The van der Waals surface area contributed by atoms with Gasteiger partial charge in [-0.1, -0.05) is 18.5 Å². The van der Waals surface area contributed by atoms with E-state index >= 15 is 0 Å². The van der Waals surface area contributed by atoms with Crippen LogP contribution in [0.5, 0.6) is 0 Å². The summed E-state index contributed by atoms with van der Waals surface area (Å²) in [5.74, 6) is 1.26. The predicted octanol–water partition coefficient (Wildman–Crippen LogP) is 2.23. The Balaban J connectivity index is 2.72. The molecule has 1 N–H and O–H groups in total. The second kappa shape index (κ2) is 6.60. The normalized spacial score (nSPS) is 15.0. The molecule has 2 unspecified atom stereocenters. The zero-order chi connectivity index (χ0) is 12.0. The third-order valence-electron chi connectivity index (χ3n) is 2.47. The van der Waals surface area contributed by atoms with Crippen molar-refractivity contribution in [3.63, 3.8) is 0 Å². The predicted molar refractivity (Wildman–Crippen MR) is 61.0 cm³/mol. The molecule has 1 aromatic rings. The maximum atomic E-state index is 5.59. The van der Waals surface area contributed by atoms with Crippen molar-refractivity contribution in [2.24, 2.45) is 0 Å². The molecule has 5 nitrogen and oxygen atoms in total. The van der Waals surface area contributed by atoms with E-state index in [2.05, 4.69) is 22.4 Å². The van der Waals surface area contributed by atoms with Crippen molar-refractivity contribution < 1.29 is 9.26 Å². The summed E-state index contributed by atoms with van der Waals surface area (Å²) in [6.07, 6.45) is 1.91. The van der Waals surface area contributed by atoms with E-state index < -0.39 is 0 Å². The van der Waals surface area contributed by atoms with Crippen molar-refractivity contribution in [3.8, 4) is 0 Å². The zero-order valence-electron chi connectivity index (χ0n) is 10.5. The first-order valence-electron chi connectivity index (χ1n) is 5.85. The van der Waals surface area contributed by atoms with Crippen LogP contribution in [-0.4, -0.2) is 23.8 Å². The molecule has 5 heteroatoms. The molecule has 0 bridgehead atoms. The highest BCUT2D eigenvalue weighted by molar-refractivity contribution is 4.94. The van der Waals surface area contributed by atoms with E-state index in [9.17, 15) is 0 Å². The molecular weight excluding hydrogens is 206 g/mol. The first-order valence-corrected chi connectivity index (χ1v) is 5.85. The highest BCUT2D eigenvalue weighted by Crippen LogP contribution is 2.21. The second-order valence-corrected chi connectivity index (χ2v) is 3.73. The van der Waals surface area contributed by atoms with Gasteiger partial charge in [-0.15, -0.1) is 0 Å². The maximum absolute atomic E-state index is 5.59. The lowest BCUT2D eigenvalue weighted by Gasteiger charge is -2.11. The summed E-state index contributed by atoms with van der Waals surface area (Å²) in [6, 6.07) is 0.0742. The van der Waals surface area contributed by atoms with E-state index in [1.807, 2.05) is 20.9 Å². The largest absolute Gasteiger partial charge is 0.370 e. The summed E-state index contributed by atoms with van der Waals surface area (Å²) < 4.78 is 10.8. The van der Waals surface area contributed by atoms with Crippen LogP contribution in [-0.2, 0) is 4.74 Å². The fourth-order valence-electron chi connectivity index (χ4n) is 1.43. The van der Waals surface area contributed by atoms with Crippen LogP contribution in [0.15, 0.2) is 4.52 Å². The molecule has 0 spiro atoms. The molecule has 1 rings (SSSR count). The molecule has 0 saturated heterocycles. The van der Waals surface area contributed by atoms with Crippen molar-refractivity contribution in [2.45, 2.75) is 45.8 Å². The molecule has 0 saturated carbocycles. The zero-order valence-corrected chi connectivity index (χ0v) is 10.5. The molecule has 0 aliphatic carbocycles. The number of ether oxygens (including phenoxy) is 1. The molecule has 92 valence electrons. The molecule has 0 aliphatic rings. The van der Waals surface area contributed by atoms with Crippen LogP contribution in [0.2, 0.25) is 0 Å². The lowest BCUT2D eigenvalue weighted by Crippen LogP contribution is -2.13. The van der Waals surface area contributed by atoms with Crippen molar-refractivity contribution in [1.29, 1.82) is 0 Å². The van der Waals surface area contributed by atoms with Crippen molar-refractivity contribution in [3.05, 3.63) is 11.7 Å². The number of hydrogen-bond acceptors (Lipinski definition) is 5. The molecule has 1 heterocycles. The lowest BCUT2D eigenvalue weighted by molar-refractivity contribution is 0.0477. The molecule has 0 aromatic carbocycles. The Morgan fingerprint density at radius 2 is 2.19 bits per heavy atom. The quantitative estimate of drug-likeness (QED) is 0.774. The standard InChI is InChI=1S/C11H21N3O2/c1-5-7-9(15-6-2)10-13-11(16-14-10)8(3)12-4/h8-9,12H,5-7H2,1-4H3. The second-order valence-electron chi connectivity index (χ2n) is 3.73. The SMILES string of the molecule is CCCC(OCC)c1noc(C(C)NC)n1. The van der Waals surface area contributed by atoms with Gasteiger partial charge >= 0.3 is 0 Å². The van der Waals surface area contributed by atoms with Crippen LogP contribution in [0.1, 0.15) is 57.5 Å². The summed E-state index contributed by atoms with van der Waals surface area (Å²) in [5, 5.41) is 7.03. The average molecular weight is 227 g/mol. The average Bonchev–Trinajstić information content (AvgIpc) is 2.77. The number of nitrogens with one attached hydrogen (secondary N) is 1. The molecule has 0 fully saturated rings. The van der Waals surface area contributed by atoms with E-state index in [1.165, 1.54) is 0 Å². The van der Waals surface area contributed by atoms with Crippen molar-refractivity contribution >= 4 is 0 Å². The van der Waals surface area contributed by atoms with Crippen LogP contribution in [0, 0.1) is 0 Å². The van der Waals surface area contributed by atoms with E-state index in [-0.39, 0.29) is 12.1 Å². The van der Waals surface area contributed by atoms with Crippen LogP contribution < -0.4 is 5.32 Å². The van der Waals surface area contributed by atoms with Gasteiger partial charge in [0.2, 0.25) is 11.7 Å². The van der Waals surface area contributed by atoms with Gasteiger partial charge in [0.15, 0.2) is 0 Å². The van der Waals surface area contributed by atoms with Gasteiger partial charge in [0.1, 0.15) is 6.10 Å². The Labute approximate surface area is 96.6 Å². The van der Waals surface area contributed by atoms with E-state index in [1.54, 1.807) is 0 Å². The van der Waals surface area contributed by atoms with Crippen LogP contribution in [0.4, 0.5) is 0 Å². The fourth-order valence-corrected chi connectivity index (χ4v) is 1.43. The van der Waals surface area contributed by atoms with Gasteiger partial charge in [-0.25, -0.2) is 0 Å². The maximum Gasteiger partial charge on any atom is 0.243 e. The molecule has 0 aliphatic heterocycles. The Bertz CT molecular complexity index is 295. The molecule has 2 atom stereocenters. The summed E-state index contributed by atoms with van der Waals surface area (Å²) >= 11 is 0. The van der Waals surface area contributed by atoms with E-state index in [0.29, 0.717) is 18.3 Å². The third-order valence-corrected chi connectivity index (χ3v) is 2.47. The first-order chi connectivity index (χ1) is 7.72. The van der Waals surface area contributed by atoms with Gasteiger partial charge < -0.3 is 14.6 Å². The third kappa shape index (κ3) is 3.28. The minimum Gasteiger partial charge on any atom is -0.370 e. The summed E-state index contributed by atoms with van der Waals surface area (Å²) in [5.41, 5.74) is 0. The molecule has 16 heavy (non-hydrogen) atoms. The van der Waals surface area contributed by atoms with Crippen LogP contribution >= 0.6 is 0 Å². The summed E-state index contributed by atoms with van der Waals surface area (Å²) in [7, 11) is 1.86. The number of hydrogen-bond donors (Lipinski definition) is 1. The Morgan fingerprint density at radius 1 is 1.44 bits per heavy atom. The molecule has 1 aromatic heterocycles. The van der Waals surface area contributed by atoms with Gasteiger partial charge in [0.25, 0.3) is 0 Å². The van der Waals surface area contributed by atoms with Gasteiger partial charge in [-0.2, -0.15) is 4.98 Å². The summed E-state index contributed by atoms with van der Waals surface area (Å²) in [6.45, 7) is 6.73. The van der Waals surface area contributed by atoms with Crippen molar-refractivity contribution in [1.82, 2.24) is 15.5 Å². The number of aromatic nitrogens is 2. The van der Waals surface area contributed by atoms with Gasteiger partial charge in [0, 0.05) is 6.61 Å². The smallest absolute Gasteiger partial charge is 0.243 e. The number of nitrogens with zero attached hydrogens (tertiary/aromatic N) is 2. The topological polar surface area (TPSA) is 60.2 Å². The van der Waals surface area contributed by atoms with E-state index in [0.717, 1.165) is 12.8 Å². The minimum absolute atomic E-state index is 0.0449. The fraction of sp³-hybridized carbons (Fsp3) is 0.818. The van der Waals surface area contributed by atoms with Gasteiger partial charge in [-0.05, 0) is 27.3 Å². The summed E-state index contributed by atoms with van der Waals surface area (Å²) in [4.78, 5) is 4.35. The Kier molecular flexibility index (Phi) is 5.42. The van der Waals surface area contributed by atoms with Gasteiger partial charge in [0.05, 0.1) is 6.04 Å². The highest BCUT2D eigenvalue weighted by Gasteiger charge is 2.19. The Hall–Kier alpha value is -0.940. The van der Waals surface area contributed by atoms with Crippen LogP contribution in [0.3, 0.4) is 0 Å². The Morgan fingerprint density at radius 3 is 2.75 bits per heavy atom. The monoisotopic (exact) mass is 227 g/mol. The minimum atomic E-state index is -0.0449.